The van der Waals surface area contributed by atoms with Crippen molar-refractivity contribution in [3.05, 3.63) is 0 Å². The highest BCUT2D eigenvalue weighted by Crippen LogP contribution is 2.28. The van der Waals surface area contributed by atoms with Gasteiger partial charge in [-0.15, -0.1) is 0 Å². The third-order valence-electron chi connectivity index (χ3n) is 2.33. The fraction of sp³-hybridized carbons (Fsp3) is 0.909. The van der Waals surface area contributed by atoms with Crippen molar-refractivity contribution >= 4 is 0 Å². The zero-order valence-corrected chi connectivity index (χ0v) is 8.80. The molecule has 14 heavy (non-hydrogen) atoms. The predicted molar refractivity (Wildman–Crippen MR) is 55.9 cm³/mol. The molecule has 0 aromatic heterocycles. The normalized spacial score (nSPS) is 15.4. The van der Waals surface area contributed by atoms with Crippen LogP contribution < -0.4 is 5.32 Å². The summed E-state index contributed by atoms with van der Waals surface area (Å²) in [6.45, 7) is 3.81. The van der Waals surface area contributed by atoms with Crippen molar-refractivity contribution in [1.82, 2.24) is 5.32 Å². The summed E-state index contributed by atoms with van der Waals surface area (Å²) in [5.41, 5.74) is 0. The van der Waals surface area contributed by atoms with E-state index < -0.39 is 0 Å². The Morgan fingerprint density at radius 3 is 2.79 bits per heavy atom. The van der Waals surface area contributed by atoms with Crippen LogP contribution in [0.2, 0.25) is 0 Å². The second kappa shape index (κ2) is 7.78. The van der Waals surface area contributed by atoms with Gasteiger partial charge in [0.1, 0.15) is 0 Å². The van der Waals surface area contributed by atoms with Gasteiger partial charge < -0.3 is 10.1 Å². The van der Waals surface area contributed by atoms with E-state index in [9.17, 15) is 0 Å². The molecule has 3 nitrogen and oxygen atoms in total. The molecule has 0 aliphatic heterocycles. The van der Waals surface area contributed by atoms with Crippen LogP contribution in [-0.4, -0.2) is 26.3 Å². The first-order valence-corrected chi connectivity index (χ1v) is 5.59. The average molecular weight is 196 g/mol. The van der Waals surface area contributed by atoms with Gasteiger partial charge in [0.05, 0.1) is 6.07 Å². The number of hydrogen-bond donors (Lipinski definition) is 1. The summed E-state index contributed by atoms with van der Waals surface area (Å²) in [6, 6.07) is 2.13. The fourth-order valence-corrected chi connectivity index (χ4v) is 1.25. The number of unbranched alkanes of at least 4 members (excludes halogenated alkanes) is 1. The molecular weight excluding hydrogens is 176 g/mol. The van der Waals surface area contributed by atoms with E-state index in [0.29, 0.717) is 6.42 Å². The summed E-state index contributed by atoms with van der Waals surface area (Å²) in [4.78, 5) is 0. The van der Waals surface area contributed by atoms with E-state index in [4.69, 9.17) is 10.00 Å². The topological polar surface area (TPSA) is 45.0 Å². The second-order valence-corrected chi connectivity index (χ2v) is 3.88. The SMILES string of the molecule is N#CCCCNCCCOCC1CC1. The molecule has 0 aromatic rings. The predicted octanol–water partition coefficient (Wildman–Crippen LogP) is 1.70. The summed E-state index contributed by atoms with van der Waals surface area (Å²) in [5.74, 6) is 0.874. The molecule has 1 fully saturated rings. The largest absolute Gasteiger partial charge is 0.381 e. The summed E-state index contributed by atoms with van der Waals surface area (Å²) >= 11 is 0. The van der Waals surface area contributed by atoms with E-state index in [0.717, 1.165) is 45.1 Å². The average Bonchev–Trinajstić information content (AvgIpc) is 2.99. The third-order valence-corrected chi connectivity index (χ3v) is 2.33. The molecule has 1 saturated carbocycles. The van der Waals surface area contributed by atoms with E-state index in [-0.39, 0.29) is 0 Å². The van der Waals surface area contributed by atoms with Gasteiger partial charge in [0.15, 0.2) is 0 Å². The molecule has 1 aliphatic carbocycles. The molecule has 0 radical (unpaired) electrons. The zero-order valence-electron chi connectivity index (χ0n) is 8.80. The Morgan fingerprint density at radius 1 is 1.29 bits per heavy atom. The highest BCUT2D eigenvalue weighted by molar-refractivity contribution is 4.72. The summed E-state index contributed by atoms with van der Waals surface area (Å²) < 4.78 is 5.49. The minimum Gasteiger partial charge on any atom is -0.381 e. The highest BCUT2D eigenvalue weighted by Gasteiger charge is 2.20. The number of nitrogens with one attached hydrogen (secondary N) is 1. The van der Waals surface area contributed by atoms with Crippen LogP contribution in [0, 0.1) is 17.2 Å². The van der Waals surface area contributed by atoms with Crippen molar-refractivity contribution in [1.29, 1.82) is 5.26 Å². The van der Waals surface area contributed by atoms with E-state index in [2.05, 4.69) is 11.4 Å². The van der Waals surface area contributed by atoms with Gasteiger partial charge in [-0.2, -0.15) is 5.26 Å². The molecule has 0 atom stereocenters. The highest BCUT2D eigenvalue weighted by atomic mass is 16.5. The van der Waals surface area contributed by atoms with Gasteiger partial charge in [0.25, 0.3) is 0 Å². The van der Waals surface area contributed by atoms with E-state index in [1.807, 2.05) is 0 Å². The lowest BCUT2D eigenvalue weighted by Crippen LogP contribution is -2.18. The van der Waals surface area contributed by atoms with Crippen molar-refractivity contribution in [2.75, 3.05) is 26.3 Å². The van der Waals surface area contributed by atoms with Crippen molar-refractivity contribution in [2.45, 2.75) is 32.1 Å². The summed E-state index contributed by atoms with van der Waals surface area (Å²) in [7, 11) is 0. The Hall–Kier alpha value is -0.590. The standard InChI is InChI=1S/C11H20N2O/c12-6-1-2-7-13-8-3-9-14-10-11-4-5-11/h11,13H,1-5,7-10H2. The first-order chi connectivity index (χ1) is 6.93. The lowest BCUT2D eigenvalue weighted by molar-refractivity contribution is 0.122. The molecule has 80 valence electrons. The Morgan fingerprint density at radius 2 is 2.07 bits per heavy atom. The Bertz CT molecular complexity index is 173. The van der Waals surface area contributed by atoms with Crippen molar-refractivity contribution in [3.63, 3.8) is 0 Å². The van der Waals surface area contributed by atoms with E-state index in [1.54, 1.807) is 0 Å². The van der Waals surface area contributed by atoms with Crippen LogP contribution in [-0.2, 0) is 4.74 Å². The molecule has 0 saturated heterocycles. The number of rotatable bonds is 9. The smallest absolute Gasteiger partial charge is 0.0622 e. The van der Waals surface area contributed by atoms with Crippen LogP contribution in [0.15, 0.2) is 0 Å². The van der Waals surface area contributed by atoms with Gasteiger partial charge in [0, 0.05) is 19.6 Å². The Kier molecular flexibility index (Phi) is 6.38. The molecule has 3 heteroatoms. The number of nitriles is 1. The maximum Gasteiger partial charge on any atom is 0.0622 e. The van der Waals surface area contributed by atoms with E-state index in [1.165, 1.54) is 12.8 Å². The molecule has 0 heterocycles. The van der Waals surface area contributed by atoms with Gasteiger partial charge in [0.2, 0.25) is 0 Å². The van der Waals surface area contributed by atoms with Crippen LogP contribution in [0.25, 0.3) is 0 Å². The molecule has 1 rings (SSSR count). The fourth-order valence-electron chi connectivity index (χ4n) is 1.25. The lowest BCUT2D eigenvalue weighted by atomic mass is 10.3. The minimum atomic E-state index is 0.658. The van der Waals surface area contributed by atoms with Crippen molar-refractivity contribution in [3.8, 4) is 6.07 Å². The molecule has 0 bridgehead atoms. The second-order valence-electron chi connectivity index (χ2n) is 3.88. The van der Waals surface area contributed by atoms with Gasteiger partial charge in [-0.05, 0) is 44.7 Å². The van der Waals surface area contributed by atoms with Crippen molar-refractivity contribution in [2.24, 2.45) is 5.92 Å². The number of hydrogen-bond acceptors (Lipinski definition) is 3. The first-order valence-electron chi connectivity index (χ1n) is 5.59. The van der Waals surface area contributed by atoms with Crippen LogP contribution in [0.3, 0.4) is 0 Å². The van der Waals surface area contributed by atoms with Gasteiger partial charge >= 0.3 is 0 Å². The molecule has 1 aliphatic rings. The third kappa shape index (κ3) is 6.88. The molecular formula is C11H20N2O. The Balaban J connectivity index is 1.65. The maximum atomic E-state index is 8.30. The molecule has 0 amide bonds. The molecule has 1 N–H and O–H groups in total. The monoisotopic (exact) mass is 196 g/mol. The molecule has 0 spiro atoms. The summed E-state index contributed by atoms with van der Waals surface area (Å²) in [6.07, 6.45) is 5.43. The maximum absolute atomic E-state index is 8.30. The summed E-state index contributed by atoms with van der Waals surface area (Å²) in [5, 5.41) is 11.6. The lowest BCUT2D eigenvalue weighted by Gasteiger charge is -2.04. The van der Waals surface area contributed by atoms with Crippen LogP contribution in [0.5, 0.6) is 0 Å². The van der Waals surface area contributed by atoms with Gasteiger partial charge in [-0.3, -0.25) is 0 Å². The molecule has 0 aromatic carbocycles. The molecule has 0 unspecified atom stereocenters. The quantitative estimate of drug-likeness (QED) is 0.571. The minimum absolute atomic E-state index is 0.658. The number of ether oxygens (including phenoxy) is 1. The van der Waals surface area contributed by atoms with Gasteiger partial charge in [-0.25, -0.2) is 0 Å². The van der Waals surface area contributed by atoms with Crippen molar-refractivity contribution < 1.29 is 4.74 Å². The number of nitrogens with zero attached hydrogens (tertiary/aromatic N) is 1. The Labute approximate surface area is 86.4 Å². The van der Waals surface area contributed by atoms with Crippen LogP contribution >= 0.6 is 0 Å². The van der Waals surface area contributed by atoms with E-state index >= 15 is 0 Å². The van der Waals surface area contributed by atoms with Gasteiger partial charge in [-0.1, -0.05) is 0 Å². The van der Waals surface area contributed by atoms with Crippen LogP contribution in [0.4, 0.5) is 0 Å². The first kappa shape index (κ1) is 11.5. The zero-order chi connectivity index (χ0) is 10.1. The van der Waals surface area contributed by atoms with Crippen LogP contribution in [0.1, 0.15) is 32.1 Å².